The lowest BCUT2D eigenvalue weighted by Gasteiger charge is -2.28. The third-order valence-corrected chi connectivity index (χ3v) is 5.20. The number of benzene rings is 3. The molecule has 3 aromatic carbocycles. The van der Waals surface area contributed by atoms with Crippen molar-refractivity contribution in [2.24, 2.45) is 0 Å². The quantitative estimate of drug-likeness (QED) is 0.425. The molecule has 156 valence electrons. The molecule has 0 saturated carbocycles. The Hall–Kier alpha value is -3.07. The fourth-order valence-corrected chi connectivity index (χ4v) is 3.48. The summed E-state index contributed by atoms with van der Waals surface area (Å²) in [4.78, 5) is 12.8. The van der Waals surface area contributed by atoms with Crippen LogP contribution >= 0.6 is 0 Å². The van der Waals surface area contributed by atoms with Crippen LogP contribution in [0.3, 0.4) is 0 Å². The Morgan fingerprint density at radius 2 is 1.33 bits per heavy atom. The first-order valence-electron chi connectivity index (χ1n) is 10.6. The predicted octanol–water partition coefficient (Wildman–Crippen LogP) is 5.78. The second-order valence-corrected chi connectivity index (χ2v) is 7.71. The maximum Gasteiger partial charge on any atom is 0.350 e. The SMILES string of the molecule is CCOC(=O)C(C)(Cc1ccc(CC)cc1)Oc1ccc(Cc2ccccc2)cc1. The molecule has 0 spiro atoms. The first-order chi connectivity index (χ1) is 14.5. The number of ether oxygens (including phenoxy) is 2. The molecule has 3 aromatic rings. The lowest BCUT2D eigenvalue weighted by molar-refractivity contribution is -0.160. The highest BCUT2D eigenvalue weighted by atomic mass is 16.6. The first kappa shape index (κ1) is 21.6. The van der Waals surface area contributed by atoms with Gasteiger partial charge < -0.3 is 9.47 Å². The van der Waals surface area contributed by atoms with Crippen LogP contribution in [0, 0.1) is 0 Å². The minimum Gasteiger partial charge on any atom is -0.476 e. The van der Waals surface area contributed by atoms with Gasteiger partial charge in [-0.3, -0.25) is 0 Å². The van der Waals surface area contributed by atoms with Gasteiger partial charge in [0.2, 0.25) is 5.60 Å². The molecular formula is C27H30O3. The first-order valence-corrected chi connectivity index (χ1v) is 10.6. The van der Waals surface area contributed by atoms with E-state index in [2.05, 4.69) is 43.3 Å². The highest BCUT2D eigenvalue weighted by Crippen LogP contribution is 2.25. The van der Waals surface area contributed by atoms with Crippen molar-refractivity contribution in [3.8, 4) is 5.75 Å². The molecular weight excluding hydrogens is 372 g/mol. The van der Waals surface area contributed by atoms with Gasteiger partial charge in [-0.25, -0.2) is 4.79 Å². The average Bonchev–Trinajstić information content (AvgIpc) is 2.76. The Morgan fingerprint density at radius 1 is 0.767 bits per heavy atom. The molecule has 1 atom stereocenters. The fraction of sp³-hybridized carbons (Fsp3) is 0.296. The molecule has 3 heteroatoms. The molecule has 0 aromatic heterocycles. The van der Waals surface area contributed by atoms with Gasteiger partial charge in [-0.15, -0.1) is 0 Å². The molecule has 1 unspecified atom stereocenters. The zero-order valence-electron chi connectivity index (χ0n) is 18.1. The third kappa shape index (κ3) is 5.73. The Bertz CT molecular complexity index is 930. The van der Waals surface area contributed by atoms with Crippen molar-refractivity contribution < 1.29 is 14.3 Å². The van der Waals surface area contributed by atoms with Crippen LogP contribution in [0.2, 0.25) is 0 Å². The van der Waals surface area contributed by atoms with Crippen LogP contribution < -0.4 is 4.74 Å². The zero-order valence-corrected chi connectivity index (χ0v) is 18.1. The summed E-state index contributed by atoms with van der Waals surface area (Å²) < 4.78 is 11.5. The van der Waals surface area contributed by atoms with Gasteiger partial charge in [-0.1, -0.05) is 73.7 Å². The van der Waals surface area contributed by atoms with Crippen LogP contribution in [-0.4, -0.2) is 18.2 Å². The molecule has 0 fully saturated rings. The smallest absolute Gasteiger partial charge is 0.350 e. The van der Waals surface area contributed by atoms with Crippen molar-refractivity contribution in [3.63, 3.8) is 0 Å². The van der Waals surface area contributed by atoms with E-state index in [9.17, 15) is 4.79 Å². The highest BCUT2D eigenvalue weighted by Gasteiger charge is 2.37. The normalized spacial score (nSPS) is 12.8. The van der Waals surface area contributed by atoms with E-state index in [1.54, 1.807) is 6.92 Å². The average molecular weight is 403 g/mol. The molecule has 30 heavy (non-hydrogen) atoms. The lowest BCUT2D eigenvalue weighted by atomic mass is 9.95. The zero-order chi connectivity index (χ0) is 21.4. The molecule has 0 aliphatic heterocycles. The van der Waals surface area contributed by atoms with E-state index in [1.807, 2.05) is 49.4 Å². The van der Waals surface area contributed by atoms with Gasteiger partial charge in [0.15, 0.2) is 0 Å². The summed E-state index contributed by atoms with van der Waals surface area (Å²) in [7, 11) is 0. The summed E-state index contributed by atoms with van der Waals surface area (Å²) in [6.07, 6.45) is 2.29. The van der Waals surface area contributed by atoms with Gasteiger partial charge in [0.1, 0.15) is 5.75 Å². The predicted molar refractivity (Wildman–Crippen MR) is 121 cm³/mol. The fourth-order valence-electron chi connectivity index (χ4n) is 3.48. The van der Waals surface area contributed by atoms with Crippen molar-refractivity contribution in [1.29, 1.82) is 0 Å². The van der Waals surface area contributed by atoms with E-state index in [-0.39, 0.29) is 5.97 Å². The summed E-state index contributed by atoms with van der Waals surface area (Å²) in [5, 5.41) is 0. The van der Waals surface area contributed by atoms with Crippen molar-refractivity contribution >= 4 is 5.97 Å². The number of hydrogen-bond donors (Lipinski definition) is 0. The number of carbonyl (C=O) groups excluding carboxylic acids is 1. The van der Waals surface area contributed by atoms with Crippen LogP contribution in [0.5, 0.6) is 5.75 Å². The van der Waals surface area contributed by atoms with E-state index in [1.165, 1.54) is 16.7 Å². The minimum absolute atomic E-state index is 0.322. The number of aryl methyl sites for hydroxylation is 1. The topological polar surface area (TPSA) is 35.5 Å². The largest absolute Gasteiger partial charge is 0.476 e. The van der Waals surface area contributed by atoms with Crippen molar-refractivity contribution in [1.82, 2.24) is 0 Å². The molecule has 0 N–H and O–H groups in total. The molecule has 0 aliphatic rings. The Balaban J connectivity index is 1.75. The molecule has 0 amide bonds. The van der Waals surface area contributed by atoms with Gasteiger partial charge in [0.05, 0.1) is 6.61 Å². The van der Waals surface area contributed by atoms with Crippen LogP contribution in [0.25, 0.3) is 0 Å². The Kier molecular flexibility index (Phi) is 7.29. The Morgan fingerprint density at radius 3 is 1.93 bits per heavy atom. The van der Waals surface area contributed by atoms with Crippen LogP contribution in [-0.2, 0) is 28.8 Å². The second kappa shape index (κ2) is 10.1. The Labute approximate surface area is 179 Å². The number of hydrogen-bond acceptors (Lipinski definition) is 3. The molecule has 3 rings (SSSR count). The van der Waals surface area contributed by atoms with Gasteiger partial charge in [-0.05, 0) is 61.1 Å². The number of rotatable bonds is 9. The summed E-state index contributed by atoms with van der Waals surface area (Å²) in [5.41, 5.74) is 3.68. The molecule has 0 saturated heterocycles. The van der Waals surface area contributed by atoms with E-state index in [0.29, 0.717) is 18.8 Å². The van der Waals surface area contributed by atoms with Gasteiger partial charge >= 0.3 is 5.97 Å². The summed E-state index contributed by atoms with van der Waals surface area (Å²) in [6, 6.07) is 26.6. The van der Waals surface area contributed by atoms with Crippen molar-refractivity contribution in [3.05, 3.63) is 101 Å². The third-order valence-electron chi connectivity index (χ3n) is 5.20. The van der Waals surface area contributed by atoms with E-state index >= 15 is 0 Å². The maximum absolute atomic E-state index is 12.8. The second-order valence-electron chi connectivity index (χ2n) is 7.71. The summed E-state index contributed by atoms with van der Waals surface area (Å²) in [6.45, 7) is 6.06. The summed E-state index contributed by atoms with van der Waals surface area (Å²) >= 11 is 0. The molecule has 0 bridgehead atoms. The standard InChI is InChI=1S/C27H30O3/c1-4-21-11-13-24(14-12-21)20-27(3,26(28)29-5-2)30-25-17-15-23(16-18-25)19-22-9-7-6-8-10-22/h6-18H,4-5,19-20H2,1-3H3. The van der Waals surface area contributed by atoms with Crippen molar-refractivity contribution in [2.45, 2.75) is 45.6 Å². The van der Waals surface area contributed by atoms with Gasteiger partial charge in [0.25, 0.3) is 0 Å². The van der Waals surface area contributed by atoms with Crippen LogP contribution in [0.15, 0.2) is 78.9 Å². The molecule has 0 aliphatic carbocycles. The molecule has 3 nitrogen and oxygen atoms in total. The lowest BCUT2D eigenvalue weighted by Crippen LogP contribution is -2.45. The van der Waals surface area contributed by atoms with Gasteiger partial charge in [-0.2, -0.15) is 0 Å². The van der Waals surface area contributed by atoms with E-state index in [0.717, 1.165) is 18.4 Å². The van der Waals surface area contributed by atoms with E-state index < -0.39 is 5.60 Å². The van der Waals surface area contributed by atoms with Crippen LogP contribution in [0.1, 0.15) is 43.0 Å². The molecule has 0 heterocycles. The van der Waals surface area contributed by atoms with Gasteiger partial charge in [0, 0.05) is 6.42 Å². The van der Waals surface area contributed by atoms with E-state index in [4.69, 9.17) is 9.47 Å². The summed E-state index contributed by atoms with van der Waals surface area (Å²) in [5.74, 6) is 0.311. The number of carbonyl (C=O) groups is 1. The minimum atomic E-state index is -1.09. The molecule has 0 radical (unpaired) electrons. The monoisotopic (exact) mass is 402 g/mol. The van der Waals surface area contributed by atoms with Crippen LogP contribution in [0.4, 0.5) is 0 Å². The highest BCUT2D eigenvalue weighted by molar-refractivity contribution is 5.80. The maximum atomic E-state index is 12.8. The number of esters is 1. The van der Waals surface area contributed by atoms with Crippen molar-refractivity contribution in [2.75, 3.05) is 6.61 Å².